The number of thioether (sulfide) groups is 1. The molecular weight excluding hydrogens is 435 g/mol. The van der Waals surface area contributed by atoms with E-state index in [2.05, 4.69) is 19.0 Å². The Kier molecular flexibility index (Phi) is 5.73. The molecule has 154 valence electrons. The summed E-state index contributed by atoms with van der Waals surface area (Å²) in [6.45, 7) is -1.19. The number of aromatic nitrogens is 4. The topological polar surface area (TPSA) is 72.7 Å². The van der Waals surface area contributed by atoms with Crippen molar-refractivity contribution < 1.29 is 18.0 Å². The maximum Gasteiger partial charge on any atom is 0.406 e. The number of anilines is 1. The molecule has 2 aromatic carbocycles. The normalized spacial score (nSPS) is 11.7. The lowest BCUT2D eigenvalue weighted by Crippen LogP contribution is -2.20. The number of alkyl halides is 3. The van der Waals surface area contributed by atoms with Crippen LogP contribution in [0.5, 0.6) is 0 Å². The van der Waals surface area contributed by atoms with Crippen LogP contribution in [0.15, 0.2) is 59.9 Å². The van der Waals surface area contributed by atoms with Crippen molar-refractivity contribution in [3.63, 3.8) is 0 Å². The molecule has 0 unspecified atom stereocenters. The molecule has 4 rings (SSSR count). The van der Waals surface area contributed by atoms with Crippen molar-refractivity contribution in [2.75, 3.05) is 11.1 Å². The van der Waals surface area contributed by atoms with Gasteiger partial charge in [-0.25, -0.2) is 4.98 Å². The maximum atomic E-state index is 13.1. The summed E-state index contributed by atoms with van der Waals surface area (Å²) in [6.07, 6.45) is -3.03. The fourth-order valence-corrected chi connectivity index (χ4v) is 4.20. The van der Waals surface area contributed by atoms with Gasteiger partial charge in [-0.1, -0.05) is 48.2 Å². The molecular formula is C19H14F3N5OS2. The monoisotopic (exact) mass is 449 g/mol. The number of rotatable bonds is 6. The largest absolute Gasteiger partial charge is 0.406 e. The van der Waals surface area contributed by atoms with Crippen LogP contribution < -0.4 is 5.32 Å². The second-order valence-corrected chi connectivity index (χ2v) is 7.74. The molecule has 0 fully saturated rings. The maximum absolute atomic E-state index is 13.1. The summed E-state index contributed by atoms with van der Waals surface area (Å²) in [6, 6.07) is 13.9. The van der Waals surface area contributed by atoms with Crippen molar-refractivity contribution in [2.24, 2.45) is 0 Å². The van der Waals surface area contributed by atoms with Gasteiger partial charge >= 0.3 is 6.18 Å². The highest BCUT2D eigenvalue weighted by molar-refractivity contribution is 7.99. The third kappa shape index (κ3) is 4.62. The van der Waals surface area contributed by atoms with Gasteiger partial charge in [0.15, 0.2) is 5.16 Å². The van der Waals surface area contributed by atoms with Crippen molar-refractivity contribution in [3.8, 4) is 11.3 Å². The molecule has 0 saturated heterocycles. The second kappa shape index (κ2) is 8.44. The minimum absolute atomic E-state index is 0.100. The molecule has 11 heteroatoms. The highest BCUT2D eigenvalue weighted by atomic mass is 32.2. The van der Waals surface area contributed by atoms with Crippen LogP contribution in [-0.4, -0.2) is 36.1 Å². The van der Waals surface area contributed by atoms with Crippen LogP contribution in [0.1, 0.15) is 0 Å². The number of carbonyl (C=O) groups is 1. The molecule has 2 aromatic heterocycles. The summed E-state index contributed by atoms with van der Waals surface area (Å²) in [4.78, 5) is 16.5. The lowest BCUT2D eigenvalue weighted by atomic mass is 10.2. The number of nitrogens with one attached hydrogen (secondary N) is 1. The molecule has 2 heterocycles. The molecule has 0 spiro atoms. The average molecular weight is 449 g/mol. The van der Waals surface area contributed by atoms with Gasteiger partial charge < -0.3 is 9.88 Å². The quantitative estimate of drug-likeness (QED) is 0.426. The number of hydrogen-bond acceptors (Lipinski definition) is 6. The van der Waals surface area contributed by atoms with Gasteiger partial charge in [-0.05, 0) is 17.7 Å². The minimum atomic E-state index is -4.42. The van der Waals surface area contributed by atoms with Gasteiger partial charge in [0.2, 0.25) is 5.91 Å². The first-order chi connectivity index (χ1) is 14.4. The van der Waals surface area contributed by atoms with Gasteiger partial charge in [-0.15, -0.1) is 0 Å². The predicted molar refractivity (Wildman–Crippen MR) is 110 cm³/mol. The van der Waals surface area contributed by atoms with E-state index in [4.69, 9.17) is 0 Å². The van der Waals surface area contributed by atoms with Gasteiger partial charge in [0, 0.05) is 0 Å². The molecule has 0 bridgehead atoms. The summed E-state index contributed by atoms with van der Waals surface area (Å²) in [7, 11) is 0. The van der Waals surface area contributed by atoms with Crippen LogP contribution in [0.3, 0.4) is 0 Å². The van der Waals surface area contributed by atoms with Crippen molar-refractivity contribution in [3.05, 3.63) is 54.7 Å². The highest BCUT2D eigenvalue weighted by Crippen LogP contribution is 2.30. The number of imidazole rings is 1. The van der Waals surface area contributed by atoms with E-state index in [1.165, 1.54) is 6.20 Å². The molecule has 30 heavy (non-hydrogen) atoms. The number of carbonyl (C=O) groups excluding carboxylic acids is 1. The fraction of sp³-hybridized carbons (Fsp3) is 0.158. The van der Waals surface area contributed by atoms with Gasteiger partial charge in [0.25, 0.3) is 0 Å². The number of hydrogen-bond donors (Lipinski definition) is 1. The first-order valence-electron chi connectivity index (χ1n) is 8.72. The van der Waals surface area contributed by atoms with Gasteiger partial charge in [-0.3, -0.25) is 4.79 Å². The Balaban J connectivity index is 1.52. The molecule has 6 nitrogen and oxygen atoms in total. The zero-order valence-electron chi connectivity index (χ0n) is 15.3. The lowest BCUT2D eigenvalue weighted by molar-refractivity contribution is -0.141. The highest BCUT2D eigenvalue weighted by Gasteiger charge is 2.31. The SMILES string of the molecule is O=C(CSc1ncc(-c2ccccc2)n1CC(F)(F)F)Nc1cccc2nsnc12. The number of halogens is 3. The molecule has 0 aliphatic carbocycles. The standard InChI is InChI=1S/C19H14F3N5OS2/c20-19(21,22)11-27-15(12-5-2-1-3-6-12)9-23-18(27)29-10-16(28)24-13-7-4-8-14-17(13)26-30-25-14/h1-9H,10-11H2,(H,24,28). The smallest absolute Gasteiger partial charge is 0.323 e. The van der Waals surface area contributed by atoms with E-state index in [1.807, 2.05) is 0 Å². The lowest BCUT2D eigenvalue weighted by Gasteiger charge is -2.14. The van der Waals surface area contributed by atoms with Gasteiger partial charge in [-0.2, -0.15) is 21.9 Å². The number of nitrogens with zero attached hydrogens (tertiary/aromatic N) is 4. The Morgan fingerprint density at radius 1 is 1.10 bits per heavy atom. The van der Waals surface area contributed by atoms with Crippen molar-refractivity contribution in [1.82, 2.24) is 18.3 Å². The van der Waals surface area contributed by atoms with Crippen LogP contribution in [0.25, 0.3) is 22.3 Å². The van der Waals surface area contributed by atoms with E-state index in [-0.39, 0.29) is 16.8 Å². The Morgan fingerprint density at radius 3 is 2.67 bits per heavy atom. The Morgan fingerprint density at radius 2 is 1.90 bits per heavy atom. The van der Waals surface area contributed by atoms with Crippen molar-refractivity contribution in [1.29, 1.82) is 0 Å². The third-order valence-corrected chi connectivity index (χ3v) is 5.65. The summed E-state index contributed by atoms with van der Waals surface area (Å²) < 4.78 is 48.8. The van der Waals surface area contributed by atoms with E-state index in [9.17, 15) is 18.0 Å². The first-order valence-corrected chi connectivity index (χ1v) is 10.4. The minimum Gasteiger partial charge on any atom is -0.323 e. The third-order valence-electron chi connectivity index (χ3n) is 4.12. The second-order valence-electron chi connectivity index (χ2n) is 6.27. The van der Waals surface area contributed by atoms with Crippen LogP contribution >= 0.6 is 23.5 Å². The number of fused-ring (bicyclic) bond motifs is 1. The first kappa shape index (κ1) is 20.4. The number of amides is 1. The summed E-state index contributed by atoms with van der Waals surface area (Å²) in [5, 5.41) is 2.85. The Bertz CT molecular complexity index is 1170. The van der Waals surface area contributed by atoms with E-state index in [0.717, 1.165) is 28.1 Å². The van der Waals surface area contributed by atoms with E-state index in [0.29, 0.717) is 28.0 Å². The van der Waals surface area contributed by atoms with Crippen molar-refractivity contribution >= 4 is 46.1 Å². The predicted octanol–water partition coefficient (Wildman–Crippen LogP) is 4.85. The van der Waals surface area contributed by atoms with Gasteiger partial charge in [0.1, 0.15) is 17.6 Å². The molecule has 4 aromatic rings. The Labute approximate surface area is 177 Å². The fourth-order valence-electron chi connectivity index (χ4n) is 2.87. The summed E-state index contributed by atoms with van der Waals surface area (Å²) in [5.74, 6) is -0.472. The van der Waals surface area contributed by atoms with Crippen LogP contribution in [-0.2, 0) is 11.3 Å². The molecule has 0 aliphatic heterocycles. The van der Waals surface area contributed by atoms with Crippen LogP contribution in [0, 0.1) is 0 Å². The summed E-state index contributed by atoms with van der Waals surface area (Å²) >= 11 is 1.98. The van der Waals surface area contributed by atoms with Crippen molar-refractivity contribution in [2.45, 2.75) is 17.9 Å². The molecule has 0 atom stereocenters. The molecule has 0 aliphatic rings. The zero-order chi connectivity index (χ0) is 21.1. The number of benzene rings is 2. The molecule has 1 amide bonds. The summed E-state index contributed by atoms with van der Waals surface area (Å²) in [5.41, 5.74) is 2.71. The van der Waals surface area contributed by atoms with E-state index < -0.39 is 12.7 Å². The van der Waals surface area contributed by atoms with E-state index in [1.54, 1.807) is 48.5 Å². The zero-order valence-corrected chi connectivity index (χ0v) is 16.9. The van der Waals surface area contributed by atoms with Gasteiger partial charge in [0.05, 0.1) is 35.1 Å². The van der Waals surface area contributed by atoms with E-state index >= 15 is 0 Å². The molecule has 0 radical (unpaired) electrons. The molecule has 0 saturated carbocycles. The van der Waals surface area contributed by atoms with Crippen LogP contribution in [0.4, 0.5) is 18.9 Å². The average Bonchev–Trinajstić information content (AvgIpc) is 3.33. The Hall–Kier alpha value is -2.92. The molecule has 1 N–H and O–H groups in total. The van der Waals surface area contributed by atoms with Crippen LogP contribution in [0.2, 0.25) is 0 Å².